The van der Waals surface area contributed by atoms with Crippen molar-refractivity contribution in [3.63, 3.8) is 0 Å². The number of hydrogen-bond donors (Lipinski definition) is 1. The maximum absolute atomic E-state index is 5.85. The van der Waals surface area contributed by atoms with Gasteiger partial charge in [-0.1, -0.05) is 44.4 Å². The van der Waals surface area contributed by atoms with E-state index < -0.39 is 0 Å². The maximum Gasteiger partial charge on any atom is 0.0722 e. The fourth-order valence-electron chi connectivity index (χ4n) is 3.12. The molecule has 1 aromatic carbocycles. The summed E-state index contributed by atoms with van der Waals surface area (Å²) in [6.07, 6.45) is 10.4. The standard InChI is InChI=1S/C23H36N2O2/c1-3-4-5-8-19-27-20(2)11-9-17-26-18-10-15-24-23-14-16-25-22-13-7-6-12-21(22)23/h6-7,12-14,16,20H,3-5,8-11,15,17-19H2,1-2H3,(H,24,25). The fraction of sp³-hybridized carbons (Fsp3) is 0.609. The average molecular weight is 373 g/mol. The molecule has 0 spiro atoms. The van der Waals surface area contributed by atoms with Gasteiger partial charge in [0.05, 0.1) is 11.6 Å². The van der Waals surface area contributed by atoms with Gasteiger partial charge in [-0.2, -0.15) is 0 Å². The normalized spacial score (nSPS) is 12.4. The molecule has 1 heterocycles. The highest BCUT2D eigenvalue weighted by molar-refractivity contribution is 5.90. The molecule has 0 aliphatic rings. The number of nitrogens with one attached hydrogen (secondary N) is 1. The summed E-state index contributed by atoms with van der Waals surface area (Å²) in [6.45, 7) is 7.83. The van der Waals surface area contributed by atoms with Crippen molar-refractivity contribution in [1.82, 2.24) is 4.98 Å². The van der Waals surface area contributed by atoms with Crippen molar-refractivity contribution in [3.8, 4) is 0 Å². The van der Waals surface area contributed by atoms with Crippen molar-refractivity contribution in [3.05, 3.63) is 36.5 Å². The molecule has 0 aliphatic carbocycles. The Morgan fingerprint density at radius 2 is 1.81 bits per heavy atom. The summed E-state index contributed by atoms with van der Waals surface area (Å²) in [5.41, 5.74) is 2.17. The van der Waals surface area contributed by atoms with Crippen LogP contribution in [0.5, 0.6) is 0 Å². The Bertz CT molecular complexity index is 627. The van der Waals surface area contributed by atoms with Crippen LogP contribution in [-0.2, 0) is 9.47 Å². The minimum Gasteiger partial charge on any atom is -0.384 e. The number of nitrogens with zero attached hydrogens (tertiary/aromatic N) is 1. The molecule has 0 saturated carbocycles. The minimum atomic E-state index is 0.344. The Morgan fingerprint density at radius 3 is 2.70 bits per heavy atom. The SMILES string of the molecule is CCCCCCOC(C)CCCOCCCNc1ccnc2ccccc12. The van der Waals surface area contributed by atoms with E-state index >= 15 is 0 Å². The Balaban J connectivity index is 1.47. The molecular weight excluding hydrogens is 336 g/mol. The summed E-state index contributed by atoms with van der Waals surface area (Å²) >= 11 is 0. The van der Waals surface area contributed by atoms with Gasteiger partial charge in [0.15, 0.2) is 0 Å². The number of benzene rings is 1. The van der Waals surface area contributed by atoms with E-state index in [1.54, 1.807) is 0 Å². The van der Waals surface area contributed by atoms with Crippen molar-refractivity contribution < 1.29 is 9.47 Å². The van der Waals surface area contributed by atoms with Gasteiger partial charge in [0.2, 0.25) is 0 Å². The number of hydrogen-bond acceptors (Lipinski definition) is 4. The monoisotopic (exact) mass is 372 g/mol. The van der Waals surface area contributed by atoms with Crippen LogP contribution in [0.1, 0.15) is 58.8 Å². The van der Waals surface area contributed by atoms with Gasteiger partial charge in [-0.15, -0.1) is 0 Å². The zero-order valence-electron chi connectivity index (χ0n) is 17.1. The summed E-state index contributed by atoms with van der Waals surface area (Å²) < 4.78 is 11.6. The van der Waals surface area contributed by atoms with Gasteiger partial charge in [-0.05, 0) is 44.7 Å². The lowest BCUT2D eigenvalue weighted by Crippen LogP contribution is -2.11. The second kappa shape index (κ2) is 13.5. The van der Waals surface area contributed by atoms with Crippen LogP contribution in [0.4, 0.5) is 5.69 Å². The van der Waals surface area contributed by atoms with Gasteiger partial charge in [0, 0.05) is 43.6 Å². The van der Waals surface area contributed by atoms with Crippen LogP contribution in [0.25, 0.3) is 10.9 Å². The van der Waals surface area contributed by atoms with Crippen molar-refractivity contribution in [2.75, 3.05) is 31.7 Å². The van der Waals surface area contributed by atoms with Crippen LogP contribution < -0.4 is 5.32 Å². The first-order chi connectivity index (χ1) is 13.3. The van der Waals surface area contributed by atoms with E-state index in [0.717, 1.165) is 56.8 Å². The molecule has 27 heavy (non-hydrogen) atoms. The molecule has 0 radical (unpaired) electrons. The number of fused-ring (bicyclic) bond motifs is 1. The zero-order chi connectivity index (χ0) is 19.2. The number of ether oxygens (including phenoxy) is 2. The Kier molecular flexibility index (Phi) is 10.8. The van der Waals surface area contributed by atoms with Crippen LogP contribution in [0.2, 0.25) is 0 Å². The lowest BCUT2D eigenvalue weighted by molar-refractivity contribution is 0.0466. The van der Waals surface area contributed by atoms with Crippen LogP contribution >= 0.6 is 0 Å². The van der Waals surface area contributed by atoms with E-state index in [1.807, 2.05) is 30.5 Å². The zero-order valence-corrected chi connectivity index (χ0v) is 17.1. The van der Waals surface area contributed by atoms with Gasteiger partial charge in [0.25, 0.3) is 0 Å². The molecule has 2 rings (SSSR count). The molecule has 0 aliphatic heterocycles. The van der Waals surface area contributed by atoms with E-state index in [4.69, 9.17) is 9.47 Å². The van der Waals surface area contributed by atoms with E-state index in [-0.39, 0.29) is 0 Å². The first kappa shape index (κ1) is 21.6. The maximum atomic E-state index is 5.85. The third-order valence-corrected chi connectivity index (χ3v) is 4.73. The number of aromatic nitrogens is 1. The summed E-state index contributed by atoms with van der Waals surface area (Å²) in [5.74, 6) is 0. The summed E-state index contributed by atoms with van der Waals surface area (Å²) in [4.78, 5) is 4.39. The Hall–Kier alpha value is -1.65. The van der Waals surface area contributed by atoms with Crippen molar-refractivity contribution in [2.45, 2.75) is 64.9 Å². The Morgan fingerprint density at radius 1 is 0.963 bits per heavy atom. The number of para-hydroxylation sites is 1. The van der Waals surface area contributed by atoms with Crippen LogP contribution in [0.3, 0.4) is 0 Å². The summed E-state index contributed by atoms with van der Waals surface area (Å²) in [5, 5.41) is 4.67. The number of unbranched alkanes of at least 4 members (excludes halogenated alkanes) is 3. The number of rotatable bonds is 15. The molecule has 1 aromatic heterocycles. The first-order valence-corrected chi connectivity index (χ1v) is 10.6. The molecule has 0 bridgehead atoms. The van der Waals surface area contributed by atoms with E-state index in [9.17, 15) is 0 Å². The highest BCUT2D eigenvalue weighted by atomic mass is 16.5. The van der Waals surface area contributed by atoms with Crippen LogP contribution in [0.15, 0.2) is 36.5 Å². The predicted octanol–water partition coefficient (Wildman–Crippen LogP) is 5.82. The van der Waals surface area contributed by atoms with Crippen molar-refractivity contribution >= 4 is 16.6 Å². The summed E-state index contributed by atoms with van der Waals surface area (Å²) in [7, 11) is 0. The highest BCUT2D eigenvalue weighted by Gasteiger charge is 2.02. The topological polar surface area (TPSA) is 43.4 Å². The molecule has 1 unspecified atom stereocenters. The minimum absolute atomic E-state index is 0.344. The fourth-order valence-corrected chi connectivity index (χ4v) is 3.12. The largest absolute Gasteiger partial charge is 0.384 e. The third kappa shape index (κ3) is 8.72. The van der Waals surface area contributed by atoms with E-state index in [1.165, 1.54) is 31.1 Å². The molecule has 4 nitrogen and oxygen atoms in total. The quantitative estimate of drug-likeness (QED) is 0.400. The third-order valence-electron chi connectivity index (χ3n) is 4.73. The van der Waals surface area contributed by atoms with E-state index in [0.29, 0.717) is 6.10 Å². The molecule has 4 heteroatoms. The average Bonchev–Trinajstić information content (AvgIpc) is 2.70. The number of anilines is 1. The lowest BCUT2D eigenvalue weighted by atomic mass is 10.2. The second-order valence-corrected chi connectivity index (χ2v) is 7.15. The van der Waals surface area contributed by atoms with Crippen molar-refractivity contribution in [1.29, 1.82) is 0 Å². The van der Waals surface area contributed by atoms with Gasteiger partial charge in [-0.25, -0.2) is 0 Å². The van der Waals surface area contributed by atoms with Gasteiger partial charge >= 0.3 is 0 Å². The highest BCUT2D eigenvalue weighted by Crippen LogP contribution is 2.20. The molecule has 150 valence electrons. The Labute approximate surface area is 164 Å². The lowest BCUT2D eigenvalue weighted by Gasteiger charge is -2.13. The smallest absolute Gasteiger partial charge is 0.0722 e. The molecule has 1 N–H and O–H groups in total. The van der Waals surface area contributed by atoms with Gasteiger partial charge in [-0.3, -0.25) is 4.98 Å². The first-order valence-electron chi connectivity index (χ1n) is 10.6. The molecule has 0 amide bonds. The summed E-state index contributed by atoms with van der Waals surface area (Å²) in [6, 6.07) is 10.3. The molecule has 0 fully saturated rings. The van der Waals surface area contributed by atoms with Crippen LogP contribution in [0, 0.1) is 0 Å². The van der Waals surface area contributed by atoms with Gasteiger partial charge in [0.1, 0.15) is 0 Å². The molecule has 2 aromatic rings. The van der Waals surface area contributed by atoms with Crippen LogP contribution in [-0.4, -0.2) is 37.5 Å². The second-order valence-electron chi connectivity index (χ2n) is 7.15. The molecular formula is C23H36N2O2. The number of pyridine rings is 1. The molecule has 0 saturated heterocycles. The van der Waals surface area contributed by atoms with E-state index in [2.05, 4.69) is 30.2 Å². The predicted molar refractivity (Wildman–Crippen MR) is 114 cm³/mol. The van der Waals surface area contributed by atoms with Crippen molar-refractivity contribution in [2.24, 2.45) is 0 Å². The molecule has 1 atom stereocenters. The van der Waals surface area contributed by atoms with Gasteiger partial charge < -0.3 is 14.8 Å².